The molecule has 66 valence electrons. The van der Waals surface area contributed by atoms with Crippen LogP contribution in [-0.2, 0) is 6.54 Å². The van der Waals surface area contributed by atoms with Crippen molar-refractivity contribution in [2.24, 2.45) is 0 Å². The van der Waals surface area contributed by atoms with E-state index in [9.17, 15) is 4.39 Å². The van der Waals surface area contributed by atoms with Gasteiger partial charge in [-0.25, -0.2) is 4.39 Å². The molecule has 0 radical (unpaired) electrons. The molecule has 0 heterocycles. The summed E-state index contributed by atoms with van der Waals surface area (Å²) in [6.07, 6.45) is 0. The van der Waals surface area contributed by atoms with E-state index in [0.717, 1.165) is 4.47 Å². The van der Waals surface area contributed by atoms with Crippen LogP contribution in [0.5, 0.6) is 0 Å². The SMILES string of the molecule is Fc1ccc(Br)cc1CNCS. The van der Waals surface area contributed by atoms with E-state index in [2.05, 4.69) is 33.9 Å². The van der Waals surface area contributed by atoms with E-state index in [0.29, 0.717) is 18.0 Å². The van der Waals surface area contributed by atoms with Crippen LogP contribution >= 0.6 is 28.6 Å². The Morgan fingerprint density at radius 1 is 1.50 bits per heavy atom. The second-order valence-electron chi connectivity index (χ2n) is 2.32. The summed E-state index contributed by atoms with van der Waals surface area (Å²) < 4.78 is 13.9. The van der Waals surface area contributed by atoms with Crippen LogP contribution in [0.4, 0.5) is 4.39 Å². The molecule has 0 spiro atoms. The smallest absolute Gasteiger partial charge is 0.127 e. The largest absolute Gasteiger partial charge is 0.304 e. The Morgan fingerprint density at radius 2 is 2.25 bits per heavy atom. The number of nitrogens with one attached hydrogen (secondary N) is 1. The summed E-state index contributed by atoms with van der Waals surface area (Å²) in [5.41, 5.74) is 0.651. The van der Waals surface area contributed by atoms with Gasteiger partial charge in [0.05, 0.1) is 0 Å². The molecule has 1 N–H and O–H groups in total. The zero-order valence-corrected chi connectivity index (χ0v) is 8.83. The summed E-state index contributed by atoms with van der Waals surface area (Å²) in [6, 6.07) is 4.88. The minimum absolute atomic E-state index is 0.188. The normalized spacial score (nSPS) is 10.2. The highest BCUT2D eigenvalue weighted by Crippen LogP contribution is 2.15. The fourth-order valence-electron chi connectivity index (χ4n) is 0.869. The molecule has 4 heteroatoms. The Hall–Kier alpha value is -0.0600. The third kappa shape index (κ3) is 2.77. The number of rotatable bonds is 3. The Labute approximate surface area is 84.9 Å². The molecular formula is C8H9BrFNS. The molecule has 0 aliphatic heterocycles. The monoisotopic (exact) mass is 249 g/mol. The summed E-state index contributed by atoms with van der Waals surface area (Å²) in [5.74, 6) is 0.360. The average Bonchev–Trinajstić information content (AvgIpc) is 2.07. The summed E-state index contributed by atoms with van der Waals surface area (Å²) >= 11 is 7.24. The second-order valence-corrected chi connectivity index (χ2v) is 3.55. The van der Waals surface area contributed by atoms with Gasteiger partial charge in [-0.15, -0.1) is 0 Å². The molecule has 1 nitrogen and oxygen atoms in total. The first kappa shape index (κ1) is 10.0. The van der Waals surface area contributed by atoms with Gasteiger partial charge >= 0.3 is 0 Å². The van der Waals surface area contributed by atoms with Crippen LogP contribution in [-0.4, -0.2) is 5.88 Å². The van der Waals surface area contributed by atoms with Crippen molar-refractivity contribution >= 4 is 28.6 Å². The van der Waals surface area contributed by atoms with Gasteiger partial charge in [-0.05, 0) is 18.2 Å². The van der Waals surface area contributed by atoms with E-state index >= 15 is 0 Å². The van der Waals surface area contributed by atoms with Gasteiger partial charge in [0.25, 0.3) is 0 Å². The van der Waals surface area contributed by atoms with Crippen molar-refractivity contribution in [1.82, 2.24) is 5.32 Å². The number of thiol groups is 1. The van der Waals surface area contributed by atoms with Gasteiger partial charge in [0.15, 0.2) is 0 Å². The van der Waals surface area contributed by atoms with Gasteiger partial charge in [-0.3, -0.25) is 0 Å². The summed E-state index contributed by atoms with van der Waals surface area (Å²) in [6.45, 7) is 0.509. The quantitative estimate of drug-likeness (QED) is 0.620. The minimum Gasteiger partial charge on any atom is -0.304 e. The molecule has 0 fully saturated rings. The van der Waals surface area contributed by atoms with Gasteiger partial charge in [-0.1, -0.05) is 15.9 Å². The van der Waals surface area contributed by atoms with Gasteiger partial charge in [0.2, 0.25) is 0 Å². The molecule has 1 aromatic rings. The molecule has 0 atom stereocenters. The summed E-state index contributed by atoms with van der Waals surface area (Å²) in [5, 5.41) is 2.94. The highest BCUT2D eigenvalue weighted by atomic mass is 79.9. The average molecular weight is 250 g/mol. The Morgan fingerprint density at radius 3 is 2.92 bits per heavy atom. The zero-order valence-electron chi connectivity index (χ0n) is 6.35. The van der Waals surface area contributed by atoms with Gasteiger partial charge in [-0.2, -0.15) is 12.6 Å². The van der Waals surface area contributed by atoms with Crippen LogP contribution in [0.25, 0.3) is 0 Å². The third-order valence-electron chi connectivity index (χ3n) is 1.44. The lowest BCUT2D eigenvalue weighted by molar-refractivity contribution is 0.599. The fourth-order valence-corrected chi connectivity index (χ4v) is 1.39. The number of hydrogen-bond donors (Lipinski definition) is 2. The molecular weight excluding hydrogens is 241 g/mol. The third-order valence-corrected chi connectivity index (χ3v) is 2.15. The fraction of sp³-hybridized carbons (Fsp3) is 0.250. The Balaban J connectivity index is 2.75. The highest BCUT2D eigenvalue weighted by Gasteiger charge is 2.00. The van der Waals surface area contributed by atoms with Crippen molar-refractivity contribution < 1.29 is 4.39 Å². The molecule has 0 aliphatic carbocycles. The lowest BCUT2D eigenvalue weighted by Crippen LogP contribution is -2.11. The standard InChI is InChI=1S/C8H9BrFNS/c9-7-1-2-8(10)6(3-7)4-11-5-12/h1-3,11-12H,4-5H2. The molecule has 1 aromatic carbocycles. The van der Waals surface area contributed by atoms with Crippen LogP contribution < -0.4 is 5.32 Å². The first-order chi connectivity index (χ1) is 5.74. The van der Waals surface area contributed by atoms with Crippen molar-refractivity contribution in [3.05, 3.63) is 34.1 Å². The van der Waals surface area contributed by atoms with Crippen molar-refractivity contribution in [3.63, 3.8) is 0 Å². The highest BCUT2D eigenvalue weighted by molar-refractivity contribution is 9.10. The number of halogens is 2. The molecule has 0 saturated carbocycles. The van der Waals surface area contributed by atoms with Gasteiger partial charge in [0.1, 0.15) is 5.82 Å². The van der Waals surface area contributed by atoms with Gasteiger partial charge < -0.3 is 5.32 Å². The van der Waals surface area contributed by atoms with E-state index in [1.54, 1.807) is 12.1 Å². The van der Waals surface area contributed by atoms with Crippen LogP contribution in [0.2, 0.25) is 0 Å². The molecule has 12 heavy (non-hydrogen) atoms. The molecule has 0 aliphatic rings. The molecule has 0 aromatic heterocycles. The number of hydrogen-bond acceptors (Lipinski definition) is 2. The molecule has 0 bridgehead atoms. The Kier molecular flexibility index (Phi) is 4.05. The first-order valence-corrected chi connectivity index (χ1v) is 4.92. The maximum absolute atomic E-state index is 13.0. The van der Waals surface area contributed by atoms with Crippen molar-refractivity contribution in [2.45, 2.75) is 6.54 Å². The molecule has 1 rings (SSSR count). The van der Waals surface area contributed by atoms with Gasteiger partial charge in [0, 0.05) is 22.5 Å². The second kappa shape index (κ2) is 4.84. The zero-order chi connectivity index (χ0) is 8.97. The molecule has 0 saturated heterocycles. The van der Waals surface area contributed by atoms with E-state index < -0.39 is 0 Å². The summed E-state index contributed by atoms with van der Waals surface area (Å²) in [7, 11) is 0. The van der Waals surface area contributed by atoms with Crippen LogP contribution in [0.1, 0.15) is 5.56 Å². The lowest BCUT2D eigenvalue weighted by atomic mass is 10.2. The van der Waals surface area contributed by atoms with E-state index in [4.69, 9.17) is 0 Å². The topological polar surface area (TPSA) is 12.0 Å². The van der Waals surface area contributed by atoms with E-state index in [1.165, 1.54) is 6.07 Å². The lowest BCUT2D eigenvalue weighted by Gasteiger charge is -2.03. The van der Waals surface area contributed by atoms with Crippen molar-refractivity contribution in [1.29, 1.82) is 0 Å². The van der Waals surface area contributed by atoms with Crippen LogP contribution in [0.3, 0.4) is 0 Å². The predicted octanol–water partition coefficient (Wildman–Crippen LogP) is 2.57. The molecule has 0 amide bonds. The maximum atomic E-state index is 13.0. The van der Waals surface area contributed by atoms with E-state index in [1.807, 2.05) is 0 Å². The first-order valence-electron chi connectivity index (χ1n) is 3.49. The summed E-state index contributed by atoms with van der Waals surface area (Å²) in [4.78, 5) is 0. The predicted molar refractivity (Wildman–Crippen MR) is 54.8 cm³/mol. The molecule has 0 unspecified atom stereocenters. The van der Waals surface area contributed by atoms with E-state index in [-0.39, 0.29) is 5.82 Å². The number of benzene rings is 1. The van der Waals surface area contributed by atoms with Crippen molar-refractivity contribution in [3.8, 4) is 0 Å². The van der Waals surface area contributed by atoms with Crippen molar-refractivity contribution in [2.75, 3.05) is 5.88 Å². The Bertz CT molecular complexity index is 267. The minimum atomic E-state index is -0.188. The van der Waals surface area contributed by atoms with Crippen LogP contribution in [0, 0.1) is 5.82 Å². The maximum Gasteiger partial charge on any atom is 0.127 e. The van der Waals surface area contributed by atoms with Crippen LogP contribution in [0.15, 0.2) is 22.7 Å².